The summed E-state index contributed by atoms with van der Waals surface area (Å²) in [6.07, 6.45) is 4.25. The quantitative estimate of drug-likeness (QED) is 0.727. The van der Waals surface area contributed by atoms with Gasteiger partial charge >= 0.3 is 0 Å². The lowest BCUT2D eigenvalue weighted by atomic mass is 9.96. The van der Waals surface area contributed by atoms with Crippen LogP contribution in [0, 0.1) is 5.41 Å². The van der Waals surface area contributed by atoms with Crippen LogP contribution in [0.3, 0.4) is 0 Å². The monoisotopic (exact) mass is 185 g/mol. The molecule has 2 unspecified atom stereocenters. The second-order valence-corrected chi connectivity index (χ2v) is 5.25. The molecule has 0 radical (unpaired) electrons. The van der Waals surface area contributed by atoms with Crippen molar-refractivity contribution in [2.75, 3.05) is 13.7 Å². The van der Waals surface area contributed by atoms with E-state index in [4.69, 9.17) is 4.74 Å². The molecule has 1 N–H and O–H groups in total. The van der Waals surface area contributed by atoms with Crippen LogP contribution in [-0.4, -0.2) is 25.8 Å². The maximum Gasteiger partial charge on any atom is 0.0724 e. The van der Waals surface area contributed by atoms with E-state index >= 15 is 0 Å². The molecule has 1 rings (SSSR count). The standard InChI is InChI=1S/C11H23NO/c1-11(2,3)8-12-9-6-5-7-10(9)13-4/h9-10,12H,5-8H2,1-4H3. The Kier molecular flexibility index (Phi) is 3.74. The SMILES string of the molecule is COC1CCCC1NCC(C)(C)C. The van der Waals surface area contributed by atoms with Crippen molar-refractivity contribution in [3.63, 3.8) is 0 Å². The normalized spacial score (nSPS) is 29.5. The van der Waals surface area contributed by atoms with Crippen LogP contribution < -0.4 is 5.32 Å². The summed E-state index contributed by atoms with van der Waals surface area (Å²) in [4.78, 5) is 0. The summed E-state index contributed by atoms with van der Waals surface area (Å²) in [6.45, 7) is 7.86. The van der Waals surface area contributed by atoms with Crippen molar-refractivity contribution in [3.05, 3.63) is 0 Å². The van der Waals surface area contributed by atoms with Crippen LogP contribution in [0.15, 0.2) is 0 Å². The van der Waals surface area contributed by atoms with Crippen molar-refractivity contribution in [2.24, 2.45) is 5.41 Å². The Morgan fingerprint density at radius 3 is 2.54 bits per heavy atom. The molecule has 0 aromatic carbocycles. The molecule has 0 aromatic rings. The van der Waals surface area contributed by atoms with Crippen molar-refractivity contribution < 1.29 is 4.74 Å². The average molecular weight is 185 g/mol. The second-order valence-electron chi connectivity index (χ2n) is 5.25. The molecule has 1 saturated carbocycles. The number of ether oxygens (including phenoxy) is 1. The van der Waals surface area contributed by atoms with E-state index in [0.29, 0.717) is 17.6 Å². The maximum atomic E-state index is 5.43. The molecule has 1 aliphatic rings. The molecule has 0 amide bonds. The Bertz CT molecular complexity index is 151. The molecule has 2 heteroatoms. The van der Waals surface area contributed by atoms with Gasteiger partial charge in [-0.15, -0.1) is 0 Å². The number of hydrogen-bond donors (Lipinski definition) is 1. The summed E-state index contributed by atoms with van der Waals surface area (Å²) in [7, 11) is 1.82. The molecule has 2 atom stereocenters. The van der Waals surface area contributed by atoms with E-state index in [9.17, 15) is 0 Å². The van der Waals surface area contributed by atoms with Crippen molar-refractivity contribution in [3.8, 4) is 0 Å². The van der Waals surface area contributed by atoms with E-state index in [2.05, 4.69) is 26.1 Å². The van der Waals surface area contributed by atoms with Gasteiger partial charge in [0.15, 0.2) is 0 Å². The fraction of sp³-hybridized carbons (Fsp3) is 1.00. The number of methoxy groups -OCH3 is 1. The van der Waals surface area contributed by atoms with Gasteiger partial charge in [0, 0.05) is 19.7 Å². The molecule has 0 aliphatic heterocycles. The predicted molar refractivity (Wildman–Crippen MR) is 55.9 cm³/mol. The first-order chi connectivity index (χ1) is 6.03. The van der Waals surface area contributed by atoms with Gasteiger partial charge in [-0.25, -0.2) is 0 Å². The van der Waals surface area contributed by atoms with E-state index in [0.717, 1.165) is 6.54 Å². The van der Waals surface area contributed by atoms with Gasteiger partial charge in [0.05, 0.1) is 6.10 Å². The fourth-order valence-corrected chi connectivity index (χ4v) is 1.88. The van der Waals surface area contributed by atoms with E-state index in [-0.39, 0.29) is 0 Å². The van der Waals surface area contributed by atoms with Crippen LogP contribution in [0.1, 0.15) is 40.0 Å². The molecule has 0 saturated heterocycles. The Morgan fingerprint density at radius 1 is 1.31 bits per heavy atom. The molecule has 2 nitrogen and oxygen atoms in total. The van der Waals surface area contributed by atoms with Crippen LogP contribution in [0.2, 0.25) is 0 Å². The lowest BCUT2D eigenvalue weighted by Gasteiger charge is -2.25. The zero-order chi connectivity index (χ0) is 9.90. The molecule has 0 bridgehead atoms. The summed E-state index contributed by atoms with van der Waals surface area (Å²) in [6, 6.07) is 0.587. The largest absolute Gasteiger partial charge is 0.380 e. The minimum Gasteiger partial charge on any atom is -0.380 e. The fourth-order valence-electron chi connectivity index (χ4n) is 1.88. The predicted octanol–water partition coefficient (Wildman–Crippen LogP) is 2.19. The Hall–Kier alpha value is -0.0800. The smallest absolute Gasteiger partial charge is 0.0724 e. The molecule has 0 spiro atoms. The van der Waals surface area contributed by atoms with Gasteiger partial charge in [-0.1, -0.05) is 20.8 Å². The highest BCUT2D eigenvalue weighted by Crippen LogP contribution is 2.22. The average Bonchev–Trinajstić information content (AvgIpc) is 2.46. The molecular formula is C11H23NO. The molecule has 0 heterocycles. The molecule has 1 aliphatic carbocycles. The van der Waals surface area contributed by atoms with Gasteiger partial charge in [0.25, 0.3) is 0 Å². The van der Waals surface area contributed by atoms with Crippen molar-refractivity contribution in [1.29, 1.82) is 0 Å². The number of hydrogen-bond acceptors (Lipinski definition) is 2. The van der Waals surface area contributed by atoms with E-state index < -0.39 is 0 Å². The molecular weight excluding hydrogens is 162 g/mol. The summed E-state index contributed by atoms with van der Waals surface area (Å²) < 4.78 is 5.43. The van der Waals surface area contributed by atoms with Gasteiger partial charge in [-0.3, -0.25) is 0 Å². The van der Waals surface area contributed by atoms with Gasteiger partial charge in [-0.2, -0.15) is 0 Å². The van der Waals surface area contributed by atoms with Crippen molar-refractivity contribution >= 4 is 0 Å². The number of rotatable bonds is 3. The van der Waals surface area contributed by atoms with Gasteiger partial charge in [-0.05, 0) is 24.7 Å². The Labute approximate surface area is 82.0 Å². The summed E-state index contributed by atoms with van der Waals surface area (Å²) in [5.41, 5.74) is 0.376. The minimum atomic E-state index is 0.376. The second kappa shape index (κ2) is 4.43. The minimum absolute atomic E-state index is 0.376. The number of nitrogens with one attached hydrogen (secondary N) is 1. The summed E-state index contributed by atoms with van der Waals surface area (Å²) >= 11 is 0. The highest BCUT2D eigenvalue weighted by atomic mass is 16.5. The van der Waals surface area contributed by atoms with Crippen LogP contribution in [-0.2, 0) is 4.74 Å². The lowest BCUT2D eigenvalue weighted by Crippen LogP contribution is -2.41. The van der Waals surface area contributed by atoms with Gasteiger partial charge < -0.3 is 10.1 Å². The Balaban J connectivity index is 2.28. The topological polar surface area (TPSA) is 21.3 Å². The lowest BCUT2D eigenvalue weighted by molar-refractivity contribution is 0.0822. The molecule has 1 fully saturated rings. The zero-order valence-electron chi connectivity index (χ0n) is 9.39. The molecule has 13 heavy (non-hydrogen) atoms. The third-order valence-corrected chi connectivity index (χ3v) is 2.65. The zero-order valence-corrected chi connectivity index (χ0v) is 9.39. The third-order valence-electron chi connectivity index (χ3n) is 2.65. The first-order valence-corrected chi connectivity index (χ1v) is 5.29. The van der Waals surface area contributed by atoms with Gasteiger partial charge in [0.2, 0.25) is 0 Å². The molecule has 0 aromatic heterocycles. The maximum absolute atomic E-state index is 5.43. The molecule has 78 valence electrons. The van der Waals surface area contributed by atoms with Crippen LogP contribution >= 0.6 is 0 Å². The first kappa shape index (κ1) is 11.0. The highest BCUT2D eigenvalue weighted by molar-refractivity contribution is 4.85. The van der Waals surface area contributed by atoms with Crippen molar-refractivity contribution in [2.45, 2.75) is 52.2 Å². The van der Waals surface area contributed by atoms with E-state index in [1.165, 1.54) is 19.3 Å². The Morgan fingerprint density at radius 2 is 2.00 bits per heavy atom. The first-order valence-electron chi connectivity index (χ1n) is 5.29. The van der Waals surface area contributed by atoms with E-state index in [1.807, 2.05) is 7.11 Å². The van der Waals surface area contributed by atoms with Crippen LogP contribution in [0.4, 0.5) is 0 Å². The third kappa shape index (κ3) is 3.65. The van der Waals surface area contributed by atoms with Crippen molar-refractivity contribution in [1.82, 2.24) is 5.32 Å². The summed E-state index contributed by atoms with van der Waals surface area (Å²) in [5.74, 6) is 0. The van der Waals surface area contributed by atoms with Crippen LogP contribution in [0.5, 0.6) is 0 Å². The van der Waals surface area contributed by atoms with Crippen LogP contribution in [0.25, 0.3) is 0 Å². The van der Waals surface area contributed by atoms with E-state index in [1.54, 1.807) is 0 Å². The summed E-state index contributed by atoms with van der Waals surface area (Å²) in [5, 5.41) is 3.60. The highest BCUT2D eigenvalue weighted by Gasteiger charge is 2.27. The van der Waals surface area contributed by atoms with Gasteiger partial charge in [0.1, 0.15) is 0 Å².